The minimum Gasteiger partial charge on any atom is -0.371 e. The highest BCUT2D eigenvalue weighted by Crippen LogP contribution is 2.26. The standard InChI is InChI=1S/C26H28FN7O/c1-32(14-15-33-12-4-5-13-33)23-9-8-18(16-21(23)27)30-26-29-11-10-24(31-26)34-17-20(25(28)35)19-6-2-3-7-22(19)34/h2-3,6-11,16-17H,4-5,12-15H2,1H3,(H2,28,35)(H,29,30,31). The van der Waals surface area contributed by atoms with Gasteiger partial charge >= 0.3 is 0 Å². The third-order valence-electron chi connectivity index (χ3n) is 6.43. The third-order valence-corrected chi connectivity index (χ3v) is 6.43. The molecule has 3 heterocycles. The minimum absolute atomic E-state index is 0.308. The van der Waals surface area contributed by atoms with Crippen LogP contribution in [0.4, 0.5) is 21.7 Å². The zero-order chi connectivity index (χ0) is 24.4. The van der Waals surface area contributed by atoms with Crippen molar-refractivity contribution in [2.45, 2.75) is 12.8 Å². The molecule has 0 radical (unpaired) electrons. The van der Waals surface area contributed by atoms with Crippen LogP contribution in [-0.2, 0) is 0 Å². The van der Waals surface area contributed by atoms with Gasteiger partial charge in [0.2, 0.25) is 5.95 Å². The molecule has 180 valence electrons. The van der Waals surface area contributed by atoms with E-state index in [-0.39, 0.29) is 5.82 Å². The molecule has 8 nitrogen and oxygen atoms in total. The van der Waals surface area contributed by atoms with E-state index in [0.717, 1.165) is 37.1 Å². The molecule has 1 amide bonds. The predicted molar refractivity (Wildman–Crippen MR) is 136 cm³/mol. The highest BCUT2D eigenvalue weighted by Gasteiger charge is 2.16. The molecule has 9 heteroatoms. The van der Waals surface area contributed by atoms with Crippen LogP contribution in [0.25, 0.3) is 16.7 Å². The topological polar surface area (TPSA) is 92.3 Å². The van der Waals surface area contributed by atoms with Crippen LogP contribution in [0.5, 0.6) is 0 Å². The van der Waals surface area contributed by atoms with Crippen molar-refractivity contribution in [2.75, 3.05) is 43.4 Å². The molecule has 35 heavy (non-hydrogen) atoms. The zero-order valence-corrected chi connectivity index (χ0v) is 19.6. The SMILES string of the molecule is CN(CCN1CCCC1)c1ccc(Nc2nccc(-n3cc(C(N)=O)c4ccccc43)n2)cc1F. The molecule has 2 aromatic carbocycles. The number of likely N-dealkylation sites (tertiary alicyclic amines) is 1. The summed E-state index contributed by atoms with van der Waals surface area (Å²) in [6, 6.07) is 14.3. The normalized spacial score (nSPS) is 13.9. The van der Waals surface area contributed by atoms with Gasteiger partial charge in [0.05, 0.1) is 16.8 Å². The quantitative estimate of drug-likeness (QED) is 0.403. The van der Waals surface area contributed by atoms with Gasteiger partial charge in [-0.25, -0.2) is 9.37 Å². The second kappa shape index (κ2) is 9.71. The Labute approximate surface area is 203 Å². The van der Waals surface area contributed by atoms with Gasteiger partial charge in [0.1, 0.15) is 11.6 Å². The lowest BCUT2D eigenvalue weighted by molar-refractivity contribution is 0.100. The molecule has 3 N–H and O–H groups in total. The first-order valence-corrected chi connectivity index (χ1v) is 11.7. The molecule has 1 aliphatic heterocycles. The Balaban J connectivity index is 1.34. The van der Waals surface area contributed by atoms with E-state index in [1.807, 2.05) is 42.3 Å². The number of halogens is 1. The van der Waals surface area contributed by atoms with E-state index in [1.54, 1.807) is 29.1 Å². The first-order chi connectivity index (χ1) is 17.0. The Hall–Kier alpha value is -3.98. The van der Waals surface area contributed by atoms with E-state index in [9.17, 15) is 9.18 Å². The van der Waals surface area contributed by atoms with Crippen molar-refractivity contribution < 1.29 is 9.18 Å². The molecule has 0 saturated carbocycles. The Bertz CT molecular complexity index is 1360. The predicted octanol–water partition coefficient (Wildman–Crippen LogP) is 3.93. The summed E-state index contributed by atoms with van der Waals surface area (Å²) in [6.45, 7) is 3.96. The summed E-state index contributed by atoms with van der Waals surface area (Å²) in [5.74, 6) is 0.0614. The number of nitrogens with two attached hydrogens (primary N) is 1. The number of carbonyl (C=O) groups is 1. The molecule has 0 atom stereocenters. The van der Waals surface area contributed by atoms with Gasteiger partial charge in [-0.15, -0.1) is 0 Å². The largest absolute Gasteiger partial charge is 0.371 e. The number of aromatic nitrogens is 3. The number of rotatable bonds is 8. The van der Waals surface area contributed by atoms with Crippen molar-refractivity contribution in [3.63, 3.8) is 0 Å². The van der Waals surface area contributed by atoms with Crippen molar-refractivity contribution in [1.82, 2.24) is 19.4 Å². The smallest absolute Gasteiger partial charge is 0.250 e. The van der Waals surface area contributed by atoms with Crippen LogP contribution in [-0.4, -0.2) is 58.6 Å². The van der Waals surface area contributed by atoms with Gasteiger partial charge in [0, 0.05) is 43.6 Å². The molecule has 1 saturated heterocycles. The van der Waals surface area contributed by atoms with Gasteiger partial charge in [-0.05, 0) is 56.3 Å². The molecular formula is C26H28FN7O. The molecule has 2 aromatic heterocycles. The van der Waals surface area contributed by atoms with Gasteiger partial charge in [0.15, 0.2) is 0 Å². The Morgan fingerprint density at radius 2 is 1.97 bits per heavy atom. The molecule has 1 fully saturated rings. The van der Waals surface area contributed by atoms with Crippen LogP contribution in [0.3, 0.4) is 0 Å². The van der Waals surface area contributed by atoms with Gasteiger partial charge in [-0.2, -0.15) is 4.98 Å². The van der Waals surface area contributed by atoms with Gasteiger partial charge in [0.25, 0.3) is 5.91 Å². The number of nitrogens with zero attached hydrogens (tertiary/aromatic N) is 5. The first kappa shape index (κ1) is 22.8. The molecule has 0 aliphatic carbocycles. The van der Waals surface area contributed by atoms with Crippen molar-refractivity contribution in [3.05, 3.63) is 72.3 Å². The molecule has 0 spiro atoms. The fourth-order valence-electron chi connectivity index (χ4n) is 4.55. The fourth-order valence-corrected chi connectivity index (χ4v) is 4.55. The van der Waals surface area contributed by atoms with Crippen molar-refractivity contribution in [2.24, 2.45) is 5.73 Å². The number of anilines is 3. The van der Waals surface area contributed by atoms with E-state index < -0.39 is 5.91 Å². The van der Waals surface area contributed by atoms with Crippen LogP contribution >= 0.6 is 0 Å². The van der Waals surface area contributed by atoms with Gasteiger partial charge in [-0.3, -0.25) is 4.79 Å². The zero-order valence-electron chi connectivity index (χ0n) is 19.6. The van der Waals surface area contributed by atoms with Crippen LogP contribution in [0, 0.1) is 5.82 Å². The summed E-state index contributed by atoms with van der Waals surface area (Å²) >= 11 is 0. The van der Waals surface area contributed by atoms with E-state index in [1.165, 1.54) is 18.9 Å². The number of hydrogen-bond acceptors (Lipinski definition) is 6. The second-order valence-electron chi connectivity index (χ2n) is 8.79. The number of fused-ring (bicyclic) bond motifs is 1. The summed E-state index contributed by atoms with van der Waals surface area (Å²) in [6.07, 6.45) is 5.77. The second-order valence-corrected chi connectivity index (χ2v) is 8.79. The summed E-state index contributed by atoms with van der Waals surface area (Å²) in [4.78, 5) is 25.1. The Kier molecular flexibility index (Phi) is 6.33. The Morgan fingerprint density at radius 3 is 2.74 bits per heavy atom. The summed E-state index contributed by atoms with van der Waals surface area (Å²) in [7, 11) is 1.91. The molecule has 5 rings (SSSR count). The maximum atomic E-state index is 14.9. The van der Waals surface area contributed by atoms with Crippen molar-refractivity contribution in [1.29, 1.82) is 0 Å². The average molecular weight is 474 g/mol. The molecule has 4 aromatic rings. The number of amides is 1. The van der Waals surface area contributed by atoms with E-state index in [2.05, 4.69) is 20.2 Å². The van der Waals surface area contributed by atoms with Crippen molar-refractivity contribution in [3.8, 4) is 5.82 Å². The van der Waals surface area contributed by atoms with Gasteiger partial charge in [-0.1, -0.05) is 18.2 Å². The van der Waals surface area contributed by atoms with Crippen molar-refractivity contribution >= 4 is 34.1 Å². The lowest BCUT2D eigenvalue weighted by Gasteiger charge is -2.23. The molecule has 1 aliphatic rings. The third kappa shape index (κ3) is 4.81. The summed E-state index contributed by atoms with van der Waals surface area (Å²) in [5, 5.41) is 3.83. The van der Waals surface area contributed by atoms with Crippen LogP contribution in [0.15, 0.2) is 60.9 Å². The van der Waals surface area contributed by atoms with E-state index in [4.69, 9.17) is 5.73 Å². The lowest BCUT2D eigenvalue weighted by Crippen LogP contribution is -2.31. The number of para-hydroxylation sites is 1. The molecular weight excluding hydrogens is 445 g/mol. The fraction of sp³-hybridized carbons (Fsp3) is 0.269. The maximum Gasteiger partial charge on any atom is 0.250 e. The lowest BCUT2D eigenvalue weighted by atomic mass is 10.2. The maximum absolute atomic E-state index is 14.9. The number of nitrogens with one attached hydrogen (secondary N) is 1. The number of primary amides is 1. The summed E-state index contributed by atoms with van der Waals surface area (Å²) in [5.41, 5.74) is 7.89. The monoisotopic (exact) mass is 473 g/mol. The highest BCUT2D eigenvalue weighted by molar-refractivity contribution is 6.06. The van der Waals surface area contributed by atoms with E-state index >= 15 is 0 Å². The summed E-state index contributed by atoms with van der Waals surface area (Å²) < 4.78 is 16.7. The van der Waals surface area contributed by atoms with Crippen LogP contribution < -0.4 is 16.0 Å². The van der Waals surface area contributed by atoms with Gasteiger partial charge < -0.3 is 25.4 Å². The minimum atomic E-state index is -0.506. The molecule has 0 bridgehead atoms. The number of benzene rings is 2. The van der Waals surface area contributed by atoms with E-state index in [0.29, 0.717) is 28.7 Å². The Morgan fingerprint density at radius 1 is 1.17 bits per heavy atom. The highest BCUT2D eigenvalue weighted by atomic mass is 19.1. The number of likely N-dealkylation sites (N-methyl/N-ethyl adjacent to an activating group) is 1. The first-order valence-electron chi connectivity index (χ1n) is 11.7. The number of carbonyl (C=O) groups excluding carboxylic acids is 1. The van der Waals surface area contributed by atoms with Crippen LogP contribution in [0.2, 0.25) is 0 Å². The van der Waals surface area contributed by atoms with Crippen LogP contribution in [0.1, 0.15) is 23.2 Å². The molecule has 0 unspecified atom stereocenters. The average Bonchev–Trinajstić information content (AvgIpc) is 3.51. The number of hydrogen-bond donors (Lipinski definition) is 2.